The van der Waals surface area contributed by atoms with E-state index in [1.54, 1.807) is 18.2 Å². The third-order valence-electron chi connectivity index (χ3n) is 5.97. The number of benzene rings is 2. The van der Waals surface area contributed by atoms with Gasteiger partial charge in [-0.25, -0.2) is 0 Å². The number of nitrogens with zero attached hydrogens (tertiary/aromatic N) is 4. The molecule has 1 saturated heterocycles. The molecule has 1 aromatic heterocycles. The third kappa shape index (κ3) is 5.77. The summed E-state index contributed by atoms with van der Waals surface area (Å²) in [6.45, 7) is 8.94. The highest BCUT2D eigenvalue weighted by Crippen LogP contribution is 2.34. The number of nitrogens with one attached hydrogen (secondary N) is 1. The monoisotopic (exact) mass is 509 g/mol. The third-order valence-corrected chi connectivity index (χ3v) is 7.18. The van der Waals surface area contributed by atoms with Crippen LogP contribution in [0.4, 0.5) is 5.69 Å². The van der Waals surface area contributed by atoms with Gasteiger partial charge in [0.05, 0.1) is 11.8 Å². The van der Waals surface area contributed by atoms with Gasteiger partial charge >= 0.3 is 0 Å². The average Bonchev–Trinajstić information content (AvgIpc) is 3.47. The van der Waals surface area contributed by atoms with Gasteiger partial charge < -0.3 is 14.8 Å². The number of likely N-dealkylation sites (tertiary alicyclic amines) is 1. The molecule has 7 nitrogen and oxygen atoms in total. The van der Waals surface area contributed by atoms with Crippen LogP contribution in [0.15, 0.2) is 60.3 Å². The fourth-order valence-corrected chi connectivity index (χ4v) is 5.07. The van der Waals surface area contributed by atoms with E-state index in [9.17, 15) is 9.59 Å². The summed E-state index contributed by atoms with van der Waals surface area (Å²) < 4.78 is 1.95. The molecule has 2 aromatic carbocycles. The second-order valence-electron chi connectivity index (χ2n) is 8.56. The number of carbonyl (C=O) groups excluding carboxylic acids is 2. The Kier molecular flexibility index (Phi) is 7.93. The zero-order chi connectivity index (χ0) is 24.9. The number of aromatic nitrogens is 3. The van der Waals surface area contributed by atoms with Gasteiger partial charge in [0.2, 0.25) is 5.91 Å². The van der Waals surface area contributed by atoms with Gasteiger partial charge in [-0.05, 0) is 56.5 Å². The number of amides is 2. The van der Waals surface area contributed by atoms with Crippen molar-refractivity contribution in [2.45, 2.75) is 44.4 Å². The van der Waals surface area contributed by atoms with Crippen LogP contribution in [0.3, 0.4) is 0 Å². The molecule has 9 heteroatoms. The van der Waals surface area contributed by atoms with E-state index in [0.29, 0.717) is 34.5 Å². The summed E-state index contributed by atoms with van der Waals surface area (Å²) in [5.41, 5.74) is 3.40. The molecule has 182 valence electrons. The number of hydrogen-bond acceptors (Lipinski definition) is 5. The molecule has 1 aliphatic heterocycles. The van der Waals surface area contributed by atoms with Crippen molar-refractivity contribution >= 4 is 40.9 Å². The van der Waals surface area contributed by atoms with Crippen LogP contribution in [-0.4, -0.2) is 43.8 Å². The van der Waals surface area contributed by atoms with Crippen LogP contribution < -0.4 is 5.32 Å². The molecule has 0 bridgehead atoms. The lowest BCUT2D eigenvalue weighted by Crippen LogP contribution is -2.32. The maximum Gasteiger partial charge on any atom is 0.254 e. The second kappa shape index (κ2) is 11.1. The lowest BCUT2D eigenvalue weighted by molar-refractivity contribution is -0.113. The van der Waals surface area contributed by atoms with Crippen molar-refractivity contribution in [3.63, 3.8) is 0 Å². The van der Waals surface area contributed by atoms with Crippen LogP contribution in [0, 0.1) is 13.8 Å². The Labute approximate surface area is 214 Å². The molecule has 1 N–H and O–H groups in total. The van der Waals surface area contributed by atoms with Crippen LogP contribution in [-0.2, 0) is 11.3 Å². The number of thioether (sulfide) groups is 1. The SMILES string of the molecule is C=CCn1c(SCC(=O)Nc2cc(Cl)ccc2C)nnc1C1CCCN1C(=O)c1ccc(C)cc1. The standard InChI is InChI=1S/C26H28ClN5O2S/c1-4-13-32-24(22-6-5-14-31(22)25(34)19-10-7-17(2)8-11-19)29-30-26(32)35-16-23(33)28-21-15-20(27)12-9-18(21)3/h4,7-12,15,22H,1,5-6,13-14,16H2,2-3H3,(H,28,33). The molecule has 1 atom stereocenters. The van der Waals surface area contributed by atoms with Gasteiger partial charge in [-0.1, -0.05) is 53.2 Å². The van der Waals surface area contributed by atoms with E-state index in [2.05, 4.69) is 22.1 Å². The van der Waals surface area contributed by atoms with E-state index in [-0.39, 0.29) is 23.6 Å². The molecular formula is C26H28ClN5O2S. The maximum atomic E-state index is 13.2. The first kappa shape index (κ1) is 25.0. The summed E-state index contributed by atoms with van der Waals surface area (Å²) in [5.74, 6) is 0.715. The number of carbonyl (C=O) groups is 2. The van der Waals surface area contributed by atoms with Gasteiger partial charge in [0.15, 0.2) is 11.0 Å². The number of halogens is 1. The summed E-state index contributed by atoms with van der Waals surface area (Å²) in [6.07, 6.45) is 3.48. The largest absolute Gasteiger partial charge is 0.328 e. The summed E-state index contributed by atoms with van der Waals surface area (Å²) in [5, 5.41) is 12.9. The summed E-state index contributed by atoms with van der Waals surface area (Å²) in [6, 6.07) is 12.8. The van der Waals surface area contributed by atoms with E-state index < -0.39 is 0 Å². The Bertz CT molecular complexity index is 1240. The fraction of sp³-hybridized carbons (Fsp3) is 0.308. The molecular weight excluding hydrogens is 482 g/mol. The van der Waals surface area contributed by atoms with Crippen LogP contribution in [0.25, 0.3) is 0 Å². The minimum atomic E-state index is -0.173. The molecule has 0 saturated carbocycles. The predicted octanol–water partition coefficient (Wildman–Crippen LogP) is 5.44. The molecule has 0 radical (unpaired) electrons. The van der Waals surface area contributed by atoms with Gasteiger partial charge in [-0.15, -0.1) is 16.8 Å². The average molecular weight is 510 g/mol. The molecule has 1 aliphatic rings. The smallest absolute Gasteiger partial charge is 0.254 e. The van der Waals surface area contributed by atoms with E-state index in [4.69, 9.17) is 11.6 Å². The number of rotatable bonds is 8. The Morgan fingerprint density at radius 1 is 1.20 bits per heavy atom. The summed E-state index contributed by atoms with van der Waals surface area (Å²) in [4.78, 5) is 27.7. The Morgan fingerprint density at radius 2 is 1.97 bits per heavy atom. The molecule has 1 fully saturated rings. The van der Waals surface area contributed by atoms with Crippen molar-refractivity contribution in [1.29, 1.82) is 0 Å². The summed E-state index contributed by atoms with van der Waals surface area (Å²) >= 11 is 7.36. The lowest BCUT2D eigenvalue weighted by Gasteiger charge is -2.24. The number of aryl methyl sites for hydroxylation is 2. The minimum absolute atomic E-state index is 0.00822. The topological polar surface area (TPSA) is 80.1 Å². The van der Waals surface area contributed by atoms with Crippen LogP contribution in [0.1, 0.15) is 46.2 Å². The molecule has 3 aromatic rings. The molecule has 4 rings (SSSR count). The lowest BCUT2D eigenvalue weighted by atomic mass is 10.1. The summed E-state index contributed by atoms with van der Waals surface area (Å²) in [7, 11) is 0. The predicted molar refractivity (Wildman–Crippen MR) is 140 cm³/mol. The van der Waals surface area contributed by atoms with Crippen molar-refractivity contribution in [3.8, 4) is 0 Å². The maximum absolute atomic E-state index is 13.2. The van der Waals surface area contributed by atoms with Crippen molar-refractivity contribution in [3.05, 3.63) is 82.7 Å². The van der Waals surface area contributed by atoms with Crippen molar-refractivity contribution in [1.82, 2.24) is 19.7 Å². The van der Waals surface area contributed by atoms with E-state index in [1.165, 1.54) is 11.8 Å². The fourth-order valence-electron chi connectivity index (χ4n) is 4.14. The highest BCUT2D eigenvalue weighted by atomic mass is 35.5. The quantitative estimate of drug-likeness (QED) is 0.323. The van der Waals surface area contributed by atoms with E-state index in [1.807, 2.05) is 53.6 Å². The minimum Gasteiger partial charge on any atom is -0.328 e. The van der Waals surface area contributed by atoms with Crippen molar-refractivity contribution < 1.29 is 9.59 Å². The molecule has 0 spiro atoms. The van der Waals surface area contributed by atoms with Gasteiger partial charge in [0.1, 0.15) is 0 Å². The zero-order valence-corrected chi connectivity index (χ0v) is 21.4. The second-order valence-corrected chi connectivity index (χ2v) is 9.94. The number of allylic oxidation sites excluding steroid dienone is 1. The van der Waals surface area contributed by atoms with Crippen LogP contribution >= 0.6 is 23.4 Å². The highest BCUT2D eigenvalue weighted by molar-refractivity contribution is 7.99. The Balaban J connectivity index is 1.49. The van der Waals surface area contributed by atoms with Crippen molar-refractivity contribution in [2.24, 2.45) is 0 Å². The van der Waals surface area contributed by atoms with E-state index in [0.717, 1.165) is 29.8 Å². The first-order valence-electron chi connectivity index (χ1n) is 11.5. The van der Waals surface area contributed by atoms with Gasteiger partial charge in [-0.3, -0.25) is 9.59 Å². The molecule has 1 unspecified atom stereocenters. The van der Waals surface area contributed by atoms with Gasteiger partial charge in [0.25, 0.3) is 5.91 Å². The first-order chi connectivity index (χ1) is 16.9. The normalized spacial score (nSPS) is 15.3. The number of anilines is 1. The van der Waals surface area contributed by atoms with Gasteiger partial charge in [0, 0.05) is 29.4 Å². The molecule has 35 heavy (non-hydrogen) atoms. The van der Waals surface area contributed by atoms with Crippen LogP contribution in [0.5, 0.6) is 0 Å². The Morgan fingerprint density at radius 3 is 2.71 bits per heavy atom. The molecule has 2 heterocycles. The van der Waals surface area contributed by atoms with Crippen LogP contribution in [0.2, 0.25) is 5.02 Å². The Hall–Kier alpha value is -3.10. The van der Waals surface area contributed by atoms with E-state index >= 15 is 0 Å². The first-order valence-corrected chi connectivity index (χ1v) is 12.8. The highest BCUT2D eigenvalue weighted by Gasteiger charge is 2.34. The molecule has 0 aliphatic carbocycles. The van der Waals surface area contributed by atoms with Gasteiger partial charge in [-0.2, -0.15) is 0 Å². The molecule has 2 amide bonds. The van der Waals surface area contributed by atoms with Crippen molar-refractivity contribution in [2.75, 3.05) is 17.6 Å². The zero-order valence-electron chi connectivity index (χ0n) is 19.8. The number of hydrogen-bond donors (Lipinski definition) is 1.